The van der Waals surface area contributed by atoms with Gasteiger partial charge in [0.2, 0.25) is 11.4 Å². The molecule has 0 radical (unpaired) electrons. The summed E-state index contributed by atoms with van der Waals surface area (Å²) in [6.45, 7) is 16.5. The summed E-state index contributed by atoms with van der Waals surface area (Å²) in [7, 11) is 4.53. The lowest BCUT2D eigenvalue weighted by molar-refractivity contribution is -0.401. The molecule has 0 bridgehead atoms. The maximum absolute atomic E-state index is 6.79. The zero-order valence-electron chi connectivity index (χ0n) is 60.0. The van der Waals surface area contributed by atoms with Crippen molar-refractivity contribution in [2.24, 2.45) is 0 Å². The summed E-state index contributed by atoms with van der Waals surface area (Å²) < 4.78 is 11.7. The second kappa shape index (κ2) is 26.5. The van der Waals surface area contributed by atoms with Crippen LogP contribution in [0.3, 0.4) is 0 Å². The van der Waals surface area contributed by atoms with Crippen LogP contribution < -0.4 is 14.5 Å². The van der Waals surface area contributed by atoms with Crippen molar-refractivity contribution in [3.63, 3.8) is 0 Å². The Kier molecular flexibility index (Phi) is 17.0. The smallest absolute Gasteiger partial charge is 0.210 e. The Bertz CT molecular complexity index is 5050. The lowest BCUT2D eigenvalue weighted by atomic mass is 9.72. The maximum atomic E-state index is 6.79. The maximum Gasteiger partial charge on any atom is 0.210 e. The van der Waals surface area contributed by atoms with Crippen LogP contribution in [0.15, 0.2) is 303 Å². The van der Waals surface area contributed by atoms with Crippen LogP contribution in [0.25, 0.3) is 43.1 Å². The van der Waals surface area contributed by atoms with Gasteiger partial charge in [0.05, 0.1) is 10.8 Å². The molecule has 16 rings (SSSR count). The van der Waals surface area contributed by atoms with Crippen LogP contribution in [-0.2, 0) is 47.3 Å². The SMILES string of the molecule is CCCCN1/C(=C/C=C/C2=[N+](C)c3ccc4ccccc4c3C2(C)Cc2ccc(Oc3ccc(CC4(C)C(/C=C/C=C5/N(CCCC)c6ccc7ccccc7c6C5(C)Cc5ccccc5)=[N+](C)c5ccc6ccccc6c54)cc3)cc2)C(C)(Cc2ccccc2)c2c1ccc1ccccc21. The number of hydrogen-bond donors (Lipinski definition) is 0. The molecule has 4 heterocycles. The van der Waals surface area contributed by atoms with E-state index < -0.39 is 0 Å². The molecule has 0 aromatic heterocycles. The number of nitrogens with zero attached hydrogens (tertiary/aromatic N) is 4. The fraction of sp³-hybridized carbons (Fsp3) is 0.229. The first-order valence-electron chi connectivity index (χ1n) is 36.9. The van der Waals surface area contributed by atoms with Crippen molar-refractivity contribution in [1.29, 1.82) is 0 Å². The predicted octanol–water partition coefficient (Wildman–Crippen LogP) is 23.1. The van der Waals surface area contributed by atoms with Crippen molar-refractivity contribution in [1.82, 2.24) is 0 Å². The van der Waals surface area contributed by atoms with Gasteiger partial charge in [0.15, 0.2) is 11.4 Å². The van der Waals surface area contributed by atoms with E-state index in [1.165, 1.54) is 133 Å². The topological polar surface area (TPSA) is 21.7 Å². The van der Waals surface area contributed by atoms with Gasteiger partial charge in [-0.15, -0.1) is 0 Å². The Balaban J connectivity index is 0.691. The second-order valence-electron chi connectivity index (χ2n) is 29.8. The van der Waals surface area contributed by atoms with E-state index in [0.29, 0.717) is 0 Å². The molecule has 500 valence electrons. The van der Waals surface area contributed by atoms with E-state index in [0.717, 1.165) is 76.0 Å². The minimum Gasteiger partial charge on any atom is -0.457 e. The van der Waals surface area contributed by atoms with Crippen molar-refractivity contribution in [2.75, 3.05) is 37.0 Å². The van der Waals surface area contributed by atoms with Gasteiger partial charge in [-0.3, -0.25) is 0 Å². The summed E-state index contributed by atoms with van der Waals surface area (Å²) in [5.74, 6) is 1.64. The number of hydrogen-bond acceptors (Lipinski definition) is 3. The molecule has 0 fully saturated rings. The van der Waals surface area contributed by atoms with Crippen molar-refractivity contribution in [3.8, 4) is 11.5 Å². The number of ether oxygens (including phenoxy) is 1. The molecule has 12 aromatic rings. The highest BCUT2D eigenvalue weighted by atomic mass is 16.5. The van der Waals surface area contributed by atoms with Gasteiger partial charge in [-0.25, -0.2) is 0 Å². The summed E-state index contributed by atoms with van der Waals surface area (Å²) >= 11 is 0. The van der Waals surface area contributed by atoms with E-state index in [1.54, 1.807) is 0 Å². The third-order valence-corrected chi connectivity index (χ3v) is 23.2. The summed E-state index contributed by atoms with van der Waals surface area (Å²) in [5, 5.41) is 10.4. The Morgan fingerprint density at radius 1 is 0.337 bits per heavy atom. The lowest BCUT2D eigenvalue weighted by Crippen LogP contribution is -2.33. The number of anilines is 2. The van der Waals surface area contributed by atoms with Crippen LogP contribution in [0, 0.1) is 0 Å². The zero-order chi connectivity index (χ0) is 69.0. The van der Waals surface area contributed by atoms with E-state index in [4.69, 9.17) is 4.74 Å². The van der Waals surface area contributed by atoms with Crippen LogP contribution in [0.4, 0.5) is 22.7 Å². The Morgan fingerprint density at radius 2 is 0.653 bits per heavy atom. The van der Waals surface area contributed by atoms with Gasteiger partial charge < -0.3 is 14.5 Å². The highest BCUT2D eigenvalue weighted by Crippen LogP contribution is 2.56. The first kappa shape index (κ1) is 65.0. The third kappa shape index (κ3) is 11.3. The Hall–Kier alpha value is -10.6. The summed E-state index contributed by atoms with van der Waals surface area (Å²) in [6, 6.07) is 94.5. The van der Waals surface area contributed by atoms with Crippen molar-refractivity contribution < 1.29 is 13.9 Å². The Morgan fingerprint density at radius 3 is 1.02 bits per heavy atom. The summed E-state index contributed by atoms with van der Waals surface area (Å²) in [4.78, 5) is 5.29. The van der Waals surface area contributed by atoms with Crippen LogP contribution in [-0.4, -0.2) is 47.8 Å². The predicted molar refractivity (Wildman–Crippen MR) is 427 cm³/mol. The van der Waals surface area contributed by atoms with Gasteiger partial charge in [0.1, 0.15) is 25.6 Å². The minimum atomic E-state index is -0.359. The number of benzene rings is 12. The fourth-order valence-corrected chi connectivity index (χ4v) is 18.5. The van der Waals surface area contributed by atoms with Crippen molar-refractivity contribution in [2.45, 2.75) is 115 Å². The fourth-order valence-electron chi connectivity index (χ4n) is 18.5. The standard InChI is InChI=1S/C96H92N4O/c1-9-11-61-99-83-59-51-73-35-21-25-39-79(73)91(83)95(5,63-67-29-15-13-16-30-67)87(99)43-27-41-85-93(3,89-77-37-23-19-33-71(77)49-57-81(89)97(85)7)65-69-45-53-75(54-46-69)101-76-55-47-70(48-56-76)66-94(4)86(98(8)82-58-50-72-34-20-24-38-78(72)90(82)94)42-28-44-88-96(6,64-68-31-17-14-18-32-68)92-80-40-26-22-36-74(80)52-60-84(92)100(88)62-12-10-2/h13-60H,9-12,61-66H2,1-8H3/q+2. The highest BCUT2D eigenvalue weighted by molar-refractivity contribution is 6.10. The molecule has 0 saturated carbocycles. The molecule has 0 aliphatic carbocycles. The van der Waals surface area contributed by atoms with Crippen molar-refractivity contribution >= 4 is 77.3 Å². The van der Waals surface area contributed by atoms with Gasteiger partial charge in [-0.05, 0) is 203 Å². The number of rotatable bonds is 20. The quantitative estimate of drug-likeness (QED) is 0.0710. The zero-order valence-corrected chi connectivity index (χ0v) is 60.0. The van der Waals surface area contributed by atoms with E-state index in [2.05, 4.69) is 366 Å². The molecule has 101 heavy (non-hydrogen) atoms. The molecule has 5 heteroatoms. The molecular formula is C96H92N4O+2. The average Bonchev–Trinajstić information content (AvgIpc) is 1.59. The molecule has 0 N–H and O–H groups in total. The van der Waals surface area contributed by atoms with E-state index in [9.17, 15) is 0 Å². The number of fused-ring (bicyclic) bond motifs is 12. The van der Waals surface area contributed by atoms with E-state index >= 15 is 0 Å². The molecule has 12 aromatic carbocycles. The Labute approximate surface area is 597 Å². The summed E-state index contributed by atoms with van der Waals surface area (Å²) in [6.07, 6.45) is 22.4. The average molecular weight is 1320 g/mol. The van der Waals surface area contributed by atoms with Crippen LogP contribution in [0.5, 0.6) is 11.5 Å². The van der Waals surface area contributed by atoms with Gasteiger partial charge in [-0.2, -0.15) is 9.15 Å². The molecule has 0 saturated heterocycles. The third-order valence-electron chi connectivity index (χ3n) is 23.2. The first-order chi connectivity index (χ1) is 49.3. The van der Waals surface area contributed by atoms with E-state index in [-0.39, 0.29) is 21.7 Å². The molecule has 0 amide bonds. The molecule has 5 nitrogen and oxygen atoms in total. The van der Waals surface area contributed by atoms with Gasteiger partial charge >= 0.3 is 0 Å². The minimum absolute atomic E-state index is 0.269. The lowest BCUT2D eigenvalue weighted by Gasteiger charge is -2.31. The highest BCUT2D eigenvalue weighted by Gasteiger charge is 2.51. The number of allylic oxidation sites excluding steroid dienone is 8. The van der Waals surface area contributed by atoms with Gasteiger partial charge in [0.25, 0.3) is 0 Å². The largest absolute Gasteiger partial charge is 0.457 e. The first-order valence-corrected chi connectivity index (χ1v) is 36.9. The molecule has 4 atom stereocenters. The molecule has 4 aliphatic rings. The monoisotopic (exact) mass is 1320 g/mol. The number of unbranched alkanes of at least 4 members (excludes halogenated alkanes) is 2. The summed E-state index contributed by atoms with van der Waals surface area (Å²) in [5.41, 5.74) is 20.0. The van der Waals surface area contributed by atoms with Gasteiger partial charge in [0, 0.05) is 82.1 Å². The van der Waals surface area contributed by atoms with Crippen LogP contribution in [0.2, 0.25) is 0 Å². The van der Waals surface area contributed by atoms with Crippen LogP contribution in [0.1, 0.15) is 112 Å². The molecule has 4 aliphatic heterocycles. The van der Waals surface area contributed by atoms with Crippen molar-refractivity contribution in [3.05, 3.63) is 347 Å². The molecule has 4 unspecified atom stereocenters. The van der Waals surface area contributed by atoms with E-state index in [1.807, 2.05) is 0 Å². The molecular weight excluding hydrogens is 1230 g/mol. The van der Waals surface area contributed by atoms with Crippen LogP contribution >= 0.6 is 0 Å². The second-order valence-corrected chi connectivity index (χ2v) is 29.8. The van der Waals surface area contributed by atoms with Gasteiger partial charge in [-0.1, -0.05) is 233 Å². The molecule has 0 spiro atoms. The normalized spacial score (nSPS) is 20.9.